The van der Waals surface area contributed by atoms with E-state index in [9.17, 15) is 9.13 Å². The molecule has 0 aliphatic rings. The highest BCUT2D eigenvalue weighted by molar-refractivity contribution is 7.49. The van der Waals surface area contributed by atoms with E-state index in [2.05, 4.69) is 0 Å². The molecule has 0 saturated carbocycles. The molecule has 0 bridgehead atoms. The number of phosphoric acid groups is 2. The van der Waals surface area contributed by atoms with Gasteiger partial charge in [0.1, 0.15) is 11.5 Å². The molecule has 0 saturated heterocycles. The summed E-state index contributed by atoms with van der Waals surface area (Å²) >= 11 is 0. The highest BCUT2D eigenvalue weighted by Gasteiger charge is 2.28. The Hall–Kier alpha value is -1.66. The van der Waals surface area contributed by atoms with Crippen LogP contribution in [0.1, 0.15) is 27.7 Å². The predicted molar refractivity (Wildman–Crippen MR) is 115 cm³/mol. The van der Waals surface area contributed by atoms with Crippen molar-refractivity contribution in [2.45, 2.75) is 27.7 Å². The van der Waals surface area contributed by atoms with Crippen LogP contribution in [0.25, 0.3) is 11.1 Å². The quantitative estimate of drug-likeness (QED) is 0.315. The fraction of sp³-hybridized carbons (Fsp3) is 0.400. The third-order valence-electron chi connectivity index (χ3n) is 3.63. The van der Waals surface area contributed by atoms with Gasteiger partial charge in [-0.05, 0) is 63.1 Å². The normalized spacial score (nSPS) is 12.0. The summed E-state index contributed by atoms with van der Waals surface area (Å²) in [5.41, 5.74) is 1.80. The van der Waals surface area contributed by atoms with Gasteiger partial charge in [0.15, 0.2) is 0 Å². The SMILES string of the molecule is CCOP(=O)(OCC)Oc1ccc(-c2ccc(OP(=O)(OCC)OCC)cc2)cc1. The summed E-state index contributed by atoms with van der Waals surface area (Å²) < 4.78 is 56.3. The smallest absolute Gasteiger partial charge is 0.404 e. The highest BCUT2D eigenvalue weighted by atomic mass is 31.2. The van der Waals surface area contributed by atoms with Gasteiger partial charge >= 0.3 is 15.6 Å². The second-order valence-corrected chi connectivity index (χ2v) is 8.98. The molecule has 0 spiro atoms. The molecule has 2 rings (SSSR count). The van der Waals surface area contributed by atoms with Gasteiger partial charge in [-0.2, -0.15) is 0 Å². The molecule has 0 heterocycles. The first-order valence-corrected chi connectivity index (χ1v) is 12.7. The fourth-order valence-corrected chi connectivity index (χ4v) is 4.87. The third-order valence-corrected chi connectivity index (χ3v) is 6.79. The summed E-state index contributed by atoms with van der Waals surface area (Å²) in [4.78, 5) is 0. The van der Waals surface area contributed by atoms with Crippen LogP contribution in [0.2, 0.25) is 0 Å². The lowest BCUT2D eigenvalue weighted by Crippen LogP contribution is -2.02. The van der Waals surface area contributed by atoms with Gasteiger partial charge in [0.25, 0.3) is 0 Å². The topological polar surface area (TPSA) is 89.5 Å². The van der Waals surface area contributed by atoms with E-state index in [1.165, 1.54) is 0 Å². The summed E-state index contributed by atoms with van der Waals surface area (Å²) in [7, 11) is -7.27. The summed E-state index contributed by atoms with van der Waals surface area (Å²) in [6.45, 7) is 7.71. The zero-order valence-electron chi connectivity index (χ0n) is 17.6. The summed E-state index contributed by atoms with van der Waals surface area (Å²) in [6, 6.07) is 14.0. The first kappa shape index (κ1) is 24.6. The van der Waals surface area contributed by atoms with E-state index in [4.69, 9.17) is 27.1 Å². The Morgan fingerprint density at radius 2 is 0.800 bits per heavy atom. The summed E-state index contributed by atoms with van der Waals surface area (Å²) in [6.07, 6.45) is 0. The Morgan fingerprint density at radius 3 is 1.03 bits per heavy atom. The van der Waals surface area contributed by atoms with Crippen molar-refractivity contribution >= 4 is 15.6 Å². The number of hydrogen-bond acceptors (Lipinski definition) is 8. The van der Waals surface area contributed by atoms with Crippen LogP contribution >= 0.6 is 15.6 Å². The minimum Gasteiger partial charge on any atom is -0.404 e. The molecule has 0 aliphatic carbocycles. The van der Waals surface area contributed by atoms with Gasteiger partial charge in [-0.1, -0.05) is 24.3 Å². The molecule has 8 nitrogen and oxygen atoms in total. The first-order valence-electron chi connectivity index (χ1n) is 9.74. The summed E-state index contributed by atoms with van der Waals surface area (Å²) in [5.74, 6) is 0.747. The highest BCUT2D eigenvalue weighted by Crippen LogP contribution is 2.50. The van der Waals surface area contributed by atoms with E-state index < -0.39 is 15.6 Å². The average Bonchev–Trinajstić information content (AvgIpc) is 2.70. The molecule has 0 radical (unpaired) electrons. The maximum atomic E-state index is 12.5. The van der Waals surface area contributed by atoms with Crippen molar-refractivity contribution in [1.82, 2.24) is 0 Å². The second-order valence-electron chi connectivity index (χ2n) is 5.80. The lowest BCUT2D eigenvalue weighted by molar-refractivity contribution is 0.166. The van der Waals surface area contributed by atoms with Crippen LogP contribution in [0.3, 0.4) is 0 Å². The minimum atomic E-state index is -3.63. The van der Waals surface area contributed by atoms with Gasteiger partial charge in [0.05, 0.1) is 26.4 Å². The standard InChI is InChI=1S/C20H28O8P2/c1-5-23-29(21,24-6-2)27-19-13-9-17(10-14-19)18-11-15-20(16-12-18)28-30(22,25-7-3)26-8-4/h9-16H,5-8H2,1-4H3. The minimum absolute atomic E-state index is 0.212. The third kappa shape index (κ3) is 7.24. The van der Waals surface area contributed by atoms with Gasteiger partial charge in [0, 0.05) is 0 Å². The maximum absolute atomic E-state index is 12.5. The lowest BCUT2D eigenvalue weighted by atomic mass is 10.1. The van der Waals surface area contributed by atoms with Crippen molar-refractivity contribution in [1.29, 1.82) is 0 Å². The molecular weight excluding hydrogens is 430 g/mol. The van der Waals surface area contributed by atoms with Crippen LogP contribution in [0.15, 0.2) is 48.5 Å². The lowest BCUT2D eigenvalue weighted by Gasteiger charge is -2.17. The number of benzene rings is 2. The maximum Gasteiger partial charge on any atom is 0.530 e. The molecule has 0 unspecified atom stereocenters. The Morgan fingerprint density at radius 1 is 0.533 bits per heavy atom. The average molecular weight is 458 g/mol. The predicted octanol–water partition coefficient (Wildman–Crippen LogP) is 6.47. The van der Waals surface area contributed by atoms with Crippen molar-refractivity contribution in [2.75, 3.05) is 26.4 Å². The van der Waals surface area contributed by atoms with Crippen molar-refractivity contribution in [3.05, 3.63) is 48.5 Å². The molecule has 0 aliphatic heterocycles. The van der Waals surface area contributed by atoms with Crippen LogP contribution in [0, 0.1) is 0 Å². The molecule has 0 aromatic heterocycles. The molecule has 10 heteroatoms. The molecule has 0 N–H and O–H groups in total. The van der Waals surface area contributed by atoms with E-state index in [1.807, 2.05) is 24.3 Å². The molecule has 0 amide bonds. The van der Waals surface area contributed by atoms with Crippen LogP contribution < -0.4 is 9.05 Å². The van der Waals surface area contributed by atoms with Crippen molar-refractivity contribution in [3.8, 4) is 22.6 Å². The van der Waals surface area contributed by atoms with Gasteiger partial charge in [-0.25, -0.2) is 9.13 Å². The summed E-state index contributed by atoms with van der Waals surface area (Å²) in [5, 5.41) is 0. The molecule has 2 aromatic carbocycles. The Bertz CT molecular complexity index is 774. The Balaban J connectivity index is 2.10. The van der Waals surface area contributed by atoms with Crippen LogP contribution in [0.4, 0.5) is 0 Å². The van der Waals surface area contributed by atoms with Crippen molar-refractivity contribution < 1.29 is 36.3 Å². The van der Waals surface area contributed by atoms with Crippen LogP contribution in [-0.2, 0) is 27.2 Å². The van der Waals surface area contributed by atoms with Crippen LogP contribution in [-0.4, -0.2) is 26.4 Å². The Kier molecular flexibility index (Phi) is 9.56. The van der Waals surface area contributed by atoms with E-state index >= 15 is 0 Å². The second kappa shape index (κ2) is 11.7. The molecule has 30 heavy (non-hydrogen) atoms. The molecule has 0 fully saturated rings. The molecule has 2 aromatic rings. The van der Waals surface area contributed by atoms with E-state index in [1.54, 1.807) is 52.0 Å². The largest absolute Gasteiger partial charge is 0.530 e. The van der Waals surface area contributed by atoms with Gasteiger partial charge in [0.2, 0.25) is 0 Å². The number of rotatable bonds is 13. The number of phosphoric ester groups is 2. The zero-order chi connectivity index (χ0) is 22.0. The number of hydrogen-bond donors (Lipinski definition) is 0. The monoisotopic (exact) mass is 458 g/mol. The zero-order valence-corrected chi connectivity index (χ0v) is 19.4. The fourth-order valence-electron chi connectivity index (χ4n) is 2.49. The van der Waals surface area contributed by atoms with E-state index in [0.29, 0.717) is 11.5 Å². The van der Waals surface area contributed by atoms with E-state index in [0.717, 1.165) is 11.1 Å². The molecule has 166 valence electrons. The van der Waals surface area contributed by atoms with Crippen LogP contribution in [0.5, 0.6) is 11.5 Å². The van der Waals surface area contributed by atoms with E-state index in [-0.39, 0.29) is 26.4 Å². The van der Waals surface area contributed by atoms with Crippen molar-refractivity contribution in [2.24, 2.45) is 0 Å². The van der Waals surface area contributed by atoms with Gasteiger partial charge < -0.3 is 9.05 Å². The first-order chi connectivity index (χ1) is 14.4. The Labute approximate surface area is 177 Å². The molecular formula is C20H28O8P2. The molecule has 0 atom stereocenters. The van der Waals surface area contributed by atoms with Gasteiger partial charge in [-0.15, -0.1) is 0 Å². The van der Waals surface area contributed by atoms with Crippen molar-refractivity contribution in [3.63, 3.8) is 0 Å². The van der Waals surface area contributed by atoms with Gasteiger partial charge in [-0.3, -0.25) is 18.1 Å².